The van der Waals surface area contributed by atoms with Gasteiger partial charge >= 0.3 is 11.6 Å². The first kappa shape index (κ1) is 17.3. The maximum absolute atomic E-state index is 12.1. The van der Waals surface area contributed by atoms with E-state index in [2.05, 4.69) is 0 Å². The number of fused-ring (bicyclic) bond motifs is 1. The zero-order valence-corrected chi connectivity index (χ0v) is 14.3. The molecule has 1 aromatic heterocycles. The quantitative estimate of drug-likeness (QED) is 0.375. The summed E-state index contributed by atoms with van der Waals surface area (Å²) in [5.41, 5.74) is -0.502. The van der Waals surface area contributed by atoms with Gasteiger partial charge in [0.05, 0.1) is 5.02 Å². The molecule has 0 radical (unpaired) electrons. The molecule has 3 aromatic rings. The van der Waals surface area contributed by atoms with Gasteiger partial charge in [0.25, 0.3) is 0 Å². The van der Waals surface area contributed by atoms with Crippen LogP contribution in [0, 0.1) is 0 Å². The van der Waals surface area contributed by atoms with E-state index in [4.69, 9.17) is 37.1 Å². The summed E-state index contributed by atoms with van der Waals surface area (Å²) in [4.78, 5) is 23.9. The van der Waals surface area contributed by atoms with Crippen LogP contribution in [0.4, 0.5) is 0 Å². The van der Waals surface area contributed by atoms with E-state index in [0.29, 0.717) is 26.8 Å². The van der Waals surface area contributed by atoms with E-state index in [1.165, 1.54) is 6.07 Å². The molecule has 0 saturated carbocycles. The van der Waals surface area contributed by atoms with Crippen LogP contribution in [-0.4, -0.2) is 19.2 Å². The number of benzene rings is 2. The van der Waals surface area contributed by atoms with Gasteiger partial charge in [0.2, 0.25) is 0 Å². The molecule has 0 aliphatic carbocycles. The molecule has 0 atom stereocenters. The monoisotopic (exact) mass is 378 g/mol. The van der Waals surface area contributed by atoms with Crippen molar-refractivity contribution in [1.82, 2.24) is 0 Å². The van der Waals surface area contributed by atoms with Crippen molar-refractivity contribution < 1.29 is 18.7 Å². The molecule has 0 amide bonds. The lowest BCUT2D eigenvalue weighted by Gasteiger charge is -2.09. The summed E-state index contributed by atoms with van der Waals surface area (Å²) < 4.78 is 15.6. The fourth-order valence-electron chi connectivity index (χ4n) is 2.16. The summed E-state index contributed by atoms with van der Waals surface area (Å²) in [7, 11) is 0. The minimum absolute atomic E-state index is 0.0515. The largest absolute Gasteiger partial charge is 0.488 e. The number of ether oxygens (including phenoxy) is 2. The van der Waals surface area contributed by atoms with E-state index in [0.717, 1.165) is 0 Å². The third-order valence-corrected chi connectivity index (χ3v) is 3.86. The van der Waals surface area contributed by atoms with Crippen molar-refractivity contribution in [2.45, 2.75) is 0 Å². The lowest BCUT2D eigenvalue weighted by atomic mass is 10.2. The molecule has 0 aliphatic heterocycles. The summed E-state index contributed by atoms with van der Waals surface area (Å²) in [6.45, 7) is 0.0239. The van der Waals surface area contributed by atoms with Crippen molar-refractivity contribution >= 4 is 40.1 Å². The summed E-state index contributed by atoms with van der Waals surface area (Å²) in [5, 5.41) is 1.49. The highest BCUT2D eigenvalue weighted by molar-refractivity contribution is 6.35. The van der Waals surface area contributed by atoms with Gasteiger partial charge in [-0.2, -0.15) is 0 Å². The van der Waals surface area contributed by atoms with E-state index in [1.807, 2.05) is 0 Å². The fourth-order valence-corrected chi connectivity index (χ4v) is 2.62. The van der Waals surface area contributed by atoms with Gasteiger partial charge in [-0.25, -0.2) is 9.59 Å². The second kappa shape index (κ2) is 7.59. The minimum Gasteiger partial charge on any atom is -0.488 e. The number of para-hydroxylation sites is 1. The zero-order chi connectivity index (χ0) is 17.8. The Hall–Kier alpha value is -2.50. The number of carbonyl (C=O) groups excluding carboxylic acids is 1. The fraction of sp³-hybridized carbons (Fsp3) is 0.111. The standard InChI is InChI=1S/C18H12Cl2O5/c19-12-5-6-16(14(20)10-12)23-7-8-24-17(21)13-9-11-3-1-2-4-15(11)25-18(13)22/h1-6,9-10H,7-8H2. The van der Waals surface area contributed by atoms with Crippen LogP contribution >= 0.6 is 23.2 Å². The highest BCUT2D eigenvalue weighted by atomic mass is 35.5. The van der Waals surface area contributed by atoms with Crippen LogP contribution in [0.1, 0.15) is 10.4 Å². The van der Waals surface area contributed by atoms with Crippen LogP contribution in [0.2, 0.25) is 10.0 Å². The number of rotatable bonds is 5. The third-order valence-electron chi connectivity index (χ3n) is 3.33. The van der Waals surface area contributed by atoms with Gasteiger partial charge in [-0.1, -0.05) is 41.4 Å². The lowest BCUT2D eigenvalue weighted by molar-refractivity contribution is 0.0446. The van der Waals surface area contributed by atoms with E-state index < -0.39 is 11.6 Å². The van der Waals surface area contributed by atoms with Crippen molar-refractivity contribution in [3.63, 3.8) is 0 Å². The highest BCUT2D eigenvalue weighted by Gasteiger charge is 2.15. The Morgan fingerprint density at radius 1 is 1.04 bits per heavy atom. The molecule has 5 nitrogen and oxygen atoms in total. The van der Waals surface area contributed by atoms with E-state index in [9.17, 15) is 9.59 Å². The molecular formula is C18H12Cl2O5. The van der Waals surface area contributed by atoms with Crippen LogP contribution in [-0.2, 0) is 4.74 Å². The van der Waals surface area contributed by atoms with Crippen molar-refractivity contribution in [1.29, 1.82) is 0 Å². The molecule has 128 valence electrons. The molecule has 2 aromatic carbocycles. The van der Waals surface area contributed by atoms with Gasteiger partial charge in [-0.15, -0.1) is 0 Å². The van der Waals surface area contributed by atoms with Gasteiger partial charge in [0.1, 0.15) is 30.1 Å². The Morgan fingerprint density at radius 2 is 1.84 bits per heavy atom. The summed E-state index contributed by atoms with van der Waals surface area (Å²) in [6.07, 6.45) is 0. The Bertz CT molecular complexity index is 981. The Labute approximate surface area is 152 Å². The Kier molecular flexibility index (Phi) is 5.26. The van der Waals surface area contributed by atoms with Crippen molar-refractivity contribution in [3.05, 3.63) is 74.6 Å². The normalized spacial score (nSPS) is 10.6. The number of carbonyl (C=O) groups is 1. The zero-order valence-electron chi connectivity index (χ0n) is 12.8. The van der Waals surface area contributed by atoms with Crippen molar-refractivity contribution in [3.8, 4) is 5.75 Å². The van der Waals surface area contributed by atoms with Gasteiger partial charge in [0.15, 0.2) is 0 Å². The smallest absolute Gasteiger partial charge is 0.351 e. The molecule has 3 rings (SSSR count). The molecule has 1 heterocycles. The molecular weight excluding hydrogens is 367 g/mol. The van der Waals surface area contributed by atoms with Crippen molar-refractivity contribution in [2.24, 2.45) is 0 Å². The predicted octanol–water partition coefficient (Wildman–Crippen LogP) is 4.34. The van der Waals surface area contributed by atoms with Crippen LogP contribution in [0.3, 0.4) is 0 Å². The van der Waals surface area contributed by atoms with Crippen LogP contribution in [0.5, 0.6) is 5.75 Å². The molecule has 0 aliphatic rings. The lowest BCUT2D eigenvalue weighted by Crippen LogP contribution is -2.19. The van der Waals surface area contributed by atoms with Gasteiger partial charge in [-0.05, 0) is 30.3 Å². The number of esters is 1. The topological polar surface area (TPSA) is 65.7 Å². The van der Waals surface area contributed by atoms with Crippen LogP contribution in [0.25, 0.3) is 11.0 Å². The van der Waals surface area contributed by atoms with E-state index >= 15 is 0 Å². The average Bonchev–Trinajstić information content (AvgIpc) is 2.59. The van der Waals surface area contributed by atoms with E-state index in [-0.39, 0.29) is 18.8 Å². The van der Waals surface area contributed by atoms with Crippen molar-refractivity contribution in [2.75, 3.05) is 13.2 Å². The Balaban J connectivity index is 1.61. The van der Waals surface area contributed by atoms with Gasteiger partial charge in [0, 0.05) is 10.4 Å². The van der Waals surface area contributed by atoms with Crippen LogP contribution in [0.15, 0.2) is 57.7 Å². The SMILES string of the molecule is O=C(OCCOc1ccc(Cl)cc1Cl)c1cc2ccccc2oc1=O. The first-order valence-electron chi connectivity index (χ1n) is 7.32. The molecule has 25 heavy (non-hydrogen) atoms. The highest BCUT2D eigenvalue weighted by Crippen LogP contribution is 2.27. The minimum atomic E-state index is -0.773. The molecule has 0 saturated heterocycles. The predicted molar refractivity (Wildman–Crippen MR) is 94.7 cm³/mol. The van der Waals surface area contributed by atoms with Crippen LogP contribution < -0.4 is 10.4 Å². The number of halogens is 2. The number of hydrogen-bond donors (Lipinski definition) is 0. The molecule has 0 spiro atoms. The summed E-state index contributed by atoms with van der Waals surface area (Å²) >= 11 is 11.8. The van der Waals surface area contributed by atoms with E-state index in [1.54, 1.807) is 42.5 Å². The molecule has 0 unspecified atom stereocenters. The Morgan fingerprint density at radius 3 is 2.64 bits per heavy atom. The van der Waals surface area contributed by atoms with Gasteiger partial charge in [-0.3, -0.25) is 0 Å². The molecule has 7 heteroatoms. The third kappa shape index (κ3) is 4.13. The maximum atomic E-state index is 12.1. The number of hydrogen-bond acceptors (Lipinski definition) is 5. The summed E-state index contributed by atoms with van der Waals surface area (Å²) in [5.74, 6) is -0.349. The second-order valence-corrected chi connectivity index (χ2v) is 5.89. The second-order valence-electron chi connectivity index (χ2n) is 5.04. The molecule has 0 fully saturated rings. The first-order valence-corrected chi connectivity index (χ1v) is 8.08. The average molecular weight is 379 g/mol. The maximum Gasteiger partial charge on any atom is 0.351 e. The van der Waals surface area contributed by atoms with Gasteiger partial charge < -0.3 is 13.9 Å². The molecule has 0 bridgehead atoms. The molecule has 0 N–H and O–H groups in total. The summed E-state index contributed by atoms with van der Waals surface area (Å²) in [6, 6.07) is 13.1. The first-order chi connectivity index (χ1) is 12.0.